The molecule has 4 heterocycles. The first kappa shape index (κ1) is 52.8. The molecule has 0 N–H and O–H groups in total. The van der Waals surface area contributed by atoms with Crippen molar-refractivity contribution in [1.82, 2.24) is 9.55 Å². The maximum Gasteiger partial charge on any atom is 0.181 e. The molecule has 0 aliphatic carbocycles. The van der Waals surface area contributed by atoms with Crippen LogP contribution in [0.1, 0.15) is 79.0 Å². The first-order valence-electron chi connectivity index (χ1n) is 29.6. The topological polar surface area (TPSA) is 33.5 Å². The average Bonchev–Trinajstić information content (AvgIpc) is 1.54. The van der Waals surface area contributed by atoms with Gasteiger partial charge in [-0.2, -0.15) is 0 Å². The Labute approximate surface area is 496 Å². The number of anilines is 4. The molecule has 412 valence electrons. The van der Waals surface area contributed by atoms with Gasteiger partial charge in [-0.3, -0.25) is 4.57 Å². The summed E-state index contributed by atoms with van der Waals surface area (Å²) in [6.45, 7) is 21.4. The summed E-state index contributed by atoms with van der Waals surface area (Å²) in [6.07, 6.45) is 1.97. The fourth-order valence-corrected chi connectivity index (χ4v) is 18.8. The van der Waals surface area contributed by atoms with Crippen LogP contribution in [0.2, 0.25) is 0 Å². The van der Waals surface area contributed by atoms with Gasteiger partial charge in [-0.25, -0.2) is 4.98 Å². The number of pyridine rings is 1. The molecular formula is C78H70N4OSi. The lowest BCUT2D eigenvalue weighted by atomic mass is 9.78. The lowest BCUT2D eigenvalue weighted by molar-refractivity contribution is 0.483. The molecule has 0 fully saturated rings. The van der Waals surface area contributed by atoms with E-state index in [2.05, 4.69) is 319 Å². The van der Waals surface area contributed by atoms with Crippen LogP contribution in [0.25, 0.3) is 61.0 Å². The Balaban J connectivity index is 0.909. The van der Waals surface area contributed by atoms with E-state index < -0.39 is 8.07 Å². The summed E-state index contributed by atoms with van der Waals surface area (Å²) in [6, 6.07) is 90.1. The van der Waals surface area contributed by atoms with Crippen LogP contribution in [0.5, 0.6) is 11.5 Å². The van der Waals surface area contributed by atoms with E-state index in [-0.39, 0.29) is 16.2 Å². The number of nitrogens with zero attached hydrogens (tertiary/aromatic N) is 4. The molecule has 2 aromatic heterocycles. The van der Waals surface area contributed by atoms with Crippen LogP contribution < -0.4 is 35.3 Å². The highest BCUT2D eigenvalue weighted by molar-refractivity contribution is 7.23. The molecular weight excluding hydrogens is 1040 g/mol. The van der Waals surface area contributed by atoms with E-state index in [1.807, 2.05) is 6.20 Å². The van der Waals surface area contributed by atoms with Crippen molar-refractivity contribution in [2.45, 2.75) is 78.6 Å². The van der Waals surface area contributed by atoms with Crippen LogP contribution in [0.4, 0.5) is 22.7 Å². The van der Waals surface area contributed by atoms with Crippen molar-refractivity contribution in [2.24, 2.45) is 0 Å². The van der Waals surface area contributed by atoms with Crippen LogP contribution in [-0.4, -0.2) is 24.3 Å². The Morgan fingerprint density at radius 2 is 0.988 bits per heavy atom. The van der Waals surface area contributed by atoms with E-state index in [4.69, 9.17) is 9.72 Å². The zero-order valence-corrected chi connectivity index (χ0v) is 50.6. The highest BCUT2D eigenvalue weighted by atomic mass is 28.3. The van der Waals surface area contributed by atoms with Crippen molar-refractivity contribution in [1.29, 1.82) is 0 Å². The van der Waals surface area contributed by atoms with E-state index in [0.717, 1.165) is 45.4 Å². The van der Waals surface area contributed by atoms with Crippen molar-refractivity contribution in [2.75, 3.05) is 16.5 Å². The van der Waals surface area contributed by atoms with Gasteiger partial charge in [0, 0.05) is 45.9 Å². The third-order valence-corrected chi connectivity index (χ3v) is 22.5. The van der Waals surface area contributed by atoms with Gasteiger partial charge in [0.05, 0.1) is 28.1 Å². The van der Waals surface area contributed by atoms with E-state index >= 15 is 0 Å². The molecule has 0 spiro atoms. The Bertz CT molecular complexity index is 4430. The Morgan fingerprint density at radius 3 is 1.65 bits per heavy atom. The minimum atomic E-state index is -2.91. The summed E-state index contributed by atoms with van der Waals surface area (Å²) >= 11 is 0. The average molecular weight is 1110 g/mol. The molecule has 0 bridgehead atoms. The molecule has 5 nitrogen and oxygen atoms in total. The monoisotopic (exact) mass is 1110 g/mol. The second-order valence-electron chi connectivity index (χ2n) is 26.0. The van der Waals surface area contributed by atoms with Crippen molar-refractivity contribution in [3.63, 3.8) is 0 Å². The second kappa shape index (κ2) is 20.0. The summed E-state index contributed by atoms with van der Waals surface area (Å²) in [5, 5.41) is 8.01. The van der Waals surface area contributed by atoms with Gasteiger partial charge in [0.25, 0.3) is 0 Å². The highest BCUT2D eigenvalue weighted by Crippen LogP contribution is 2.51. The fraction of sp³-hybridized carbons (Fsp3) is 0.167. The van der Waals surface area contributed by atoms with Crippen LogP contribution >= 0.6 is 0 Å². The normalized spacial score (nSPS) is 13.8. The quantitative estimate of drug-likeness (QED) is 0.135. The fourth-order valence-electron chi connectivity index (χ4n) is 13.4. The number of benzene rings is 10. The number of hydrogen-bond acceptors (Lipinski definition) is 4. The predicted octanol–water partition coefficient (Wildman–Crippen LogP) is 17.8. The summed E-state index contributed by atoms with van der Waals surface area (Å²) in [5.41, 5.74) is 17.8. The lowest BCUT2D eigenvalue weighted by Gasteiger charge is -2.32. The number of para-hydroxylation sites is 3. The largest absolute Gasteiger partial charge is 0.457 e. The predicted molar refractivity (Wildman–Crippen MR) is 357 cm³/mol. The molecule has 0 radical (unpaired) electrons. The molecule has 6 heteroatoms. The smallest absolute Gasteiger partial charge is 0.181 e. The summed E-state index contributed by atoms with van der Waals surface area (Å²) in [5.74, 6) is 2.39. The molecule has 14 rings (SSSR count). The lowest BCUT2D eigenvalue weighted by Crippen LogP contribution is -2.72. The molecule has 0 amide bonds. The molecule has 2 aliphatic heterocycles. The van der Waals surface area contributed by atoms with Crippen LogP contribution in [0.3, 0.4) is 0 Å². The van der Waals surface area contributed by atoms with Gasteiger partial charge in [0.2, 0.25) is 0 Å². The highest BCUT2D eigenvalue weighted by Gasteiger charge is 2.50. The maximum atomic E-state index is 7.14. The second-order valence-corrected chi connectivity index (χ2v) is 29.7. The van der Waals surface area contributed by atoms with Crippen LogP contribution in [-0.2, 0) is 16.2 Å². The molecule has 2 aliphatic rings. The van der Waals surface area contributed by atoms with Crippen molar-refractivity contribution >= 4 is 73.4 Å². The summed E-state index contributed by atoms with van der Waals surface area (Å²) < 4.78 is 9.53. The van der Waals surface area contributed by atoms with E-state index in [1.165, 1.54) is 87.3 Å². The van der Waals surface area contributed by atoms with Gasteiger partial charge < -0.3 is 14.5 Å². The molecule has 10 aromatic carbocycles. The molecule has 0 saturated heterocycles. The minimum absolute atomic E-state index is 0.0381. The van der Waals surface area contributed by atoms with Crippen LogP contribution in [0.15, 0.2) is 249 Å². The first-order chi connectivity index (χ1) is 40.6. The molecule has 0 unspecified atom stereocenters. The molecule has 84 heavy (non-hydrogen) atoms. The number of fused-ring (bicyclic) bond motifs is 8. The molecule has 0 atom stereocenters. The zero-order valence-electron chi connectivity index (χ0n) is 49.6. The molecule has 12 aromatic rings. The van der Waals surface area contributed by atoms with E-state index in [1.54, 1.807) is 0 Å². The van der Waals surface area contributed by atoms with E-state index in [0.29, 0.717) is 6.67 Å². The van der Waals surface area contributed by atoms with Gasteiger partial charge in [-0.15, -0.1) is 0 Å². The third-order valence-electron chi connectivity index (χ3n) is 17.6. The van der Waals surface area contributed by atoms with Crippen molar-refractivity contribution < 1.29 is 4.74 Å². The van der Waals surface area contributed by atoms with Gasteiger partial charge in [-0.05, 0) is 131 Å². The zero-order chi connectivity index (χ0) is 57.7. The van der Waals surface area contributed by atoms with E-state index in [9.17, 15) is 0 Å². The SMILES string of the molecule is CC(C)(C)c1cc(-c2cccc(-c3ccccc3)c2N2CN(c3cccc(Oc4ccc5c6c7c(ccc6n(-c6cc(C(C)(C)C)ccn6)c5c4)-c4ccccc4[Si]7(c4ccccc4)c4ccccc4)c3)c3ccccc32)cc(C(C)(C)C)c1. The van der Waals surface area contributed by atoms with Crippen molar-refractivity contribution in [3.05, 3.63) is 266 Å². The Kier molecular flexibility index (Phi) is 12.6. The van der Waals surface area contributed by atoms with Gasteiger partial charge in [-0.1, -0.05) is 238 Å². The maximum absolute atomic E-state index is 7.14. The molecule has 0 saturated carbocycles. The Hall–Kier alpha value is -9.23. The first-order valence-corrected chi connectivity index (χ1v) is 31.6. The van der Waals surface area contributed by atoms with Crippen molar-refractivity contribution in [3.8, 4) is 50.7 Å². The number of ether oxygens (including phenoxy) is 1. The van der Waals surface area contributed by atoms with Gasteiger partial charge in [0.1, 0.15) is 24.0 Å². The minimum Gasteiger partial charge on any atom is -0.457 e. The number of hydrogen-bond donors (Lipinski definition) is 0. The van der Waals surface area contributed by atoms with Crippen LogP contribution in [0, 0.1) is 0 Å². The third kappa shape index (κ3) is 8.77. The Morgan fingerprint density at radius 1 is 0.417 bits per heavy atom. The van der Waals surface area contributed by atoms with Gasteiger partial charge in [0.15, 0.2) is 8.07 Å². The van der Waals surface area contributed by atoms with Gasteiger partial charge >= 0.3 is 0 Å². The standard InChI is InChI=1S/C78H70N4OSi/c1-76(2,3)54-43-44-79-72(48-54)82-69-42-41-65-64-33-19-22-38-71(64)84(60-29-15-11-16-30-60,61-31-17-12-18-32-61)75(65)73(69)66-40-39-59(50-70(66)82)83-58-28-23-27-57(49-58)80-51-81(68-37-21-20-36-67(68)80)74-62(52-25-13-10-14-26-52)34-24-35-63(74)53-45-55(77(4,5)6)47-56(46-53)78(7,8)9/h10-50H,51H2,1-9H3. The summed E-state index contributed by atoms with van der Waals surface area (Å²) in [7, 11) is -2.91. The number of aromatic nitrogens is 2. The number of rotatable bonds is 9. The summed E-state index contributed by atoms with van der Waals surface area (Å²) in [4.78, 5) is 10.2.